The summed E-state index contributed by atoms with van der Waals surface area (Å²) in [5, 5.41) is 5.96. The van der Waals surface area contributed by atoms with Crippen LogP contribution in [0.25, 0.3) is 0 Å². The Bertz CT molecular complexity index is 401. The maximum atomic E-state index is 11.4. The molecule has 0 saturated carbocycles. The number of hydrogen-bond acceptors (Lipinski definition) is 5. The van der Waals surface area contributed by atoms with Crippen LogP contribution < -0.4 is 16.4 Å². The average molecular weight is 279 g/mol. The van der Waals surface area contributed by atoms with E-state index in [0.717, 1.165) is 31.9 Å². The molecule has 6 nitrogen and oxygen atoms in total. The van der Waals surface area contributed by atoms with Gasteiger partial charge in [0.2, 0.25) is 5.91 Å². The van der Waals surface area contributed by atoms with Crippen molar-refractivity contribution in [1.82, 2.24) is 9.88 Å². The number of nitrogens with two attached hydrogens (primary N) is 1. The number of anilines is 2. The standard InChI is InChI=1S/C14H25N5O/c1-4-19(5-2)9-8-16-12-6-7-13(17-10-12)18-14(20)11(3)15/h6-7,10-11,16H,4-5,8-9,15H2,1-3H3,(H,17,18,20). The zero-order chi connectivity index (χ0) is 15.0. The van der Waals surface area contributed by atoms with Crippen LogP contribution in [0, 0.1) is 0 Å². The van der Waals surface area contributed by atoms with E-state index in [1.54, 1.807) is 19.2 Å². The van der Waals surface area contributed by atoms with Crippen molar-refractivity contribution < 1.29 is 4.79 Å². The van der Waals surface area contributed by atoms with Gasteiger partial charge < -0.3 is 21.3 Å². The van der Waals surface area contributed by atoms with E-state index in [9.17, 15) is 4.79 Å². The maximum absolute atomic E-state index is 11.4. The predicted molar refractivity (Wildman–Crippen MR) is 82.8 cm³/mol. The van der Waals surface area contributed by atoms with Gasteiger partial charge in [0.15, 0.2) is 0 Å². The Morgan fingerprint density at radius 2 is 2.10 bits per heavy atom. The molecule has 0 spiro atoms. The Morgan fingerprint density at radius 1 is 1.40 bits per heavy atom. The molecule has 0 aliphatic carbocycles. The third-order valence-electron chi connectivity index (χ3n) is 3.08. The Labute approximate surface area is 120 Å². The van der Waals surface area contributed by atoms with Crippen LogP contribution in [0.15, 0.2) is 18.3 Å². The number of carbonyl (C=O) groups is 1. The van der Waals surface area contributed by atoms with Gasteiger partial charge in [-0.3, -0.25) is 4.79 Å². The largest absolute Gasteiger partial charge is 0.383 e. The van der Waals surface area contributed by atoms with E-state index in [1.807, 2.05) is 6.07 Å². The van der Waals surface area contributed by atoms with Crippen LogP contribution in [0.3, 0.4) is 0 Å². The lowest BCUT2D eigenvalue weighted by Gasteiger charge is -2.18. The number of aromatic nitrogens is 1. The highest BCUT2D eigenvalue weighted by Gasteiger charge is 2.07. The molecule has 6 heteroatoms. The smallest absolute Gasteiger partial charge is 0.242 e. The molecule has 20 heavy (non-hydrogen) atoms. The zero-order valence-electron chi connectivity index (χ0n) is 12.5. The van der Waals surface area contributed by atoms with Crippen LogP contribution >= 0.6 is 0 Å². The van der Waals surface area contributed by atoms with Crippen molar-refractivity contribution in [2.75, 3.05) is 36.8 Å². The number of hydrogen-bond donors (Lipinski definition) is 3. The number of nitrogens with zero attached hydrogens (tertiary/aromatic N) is 2. The second kappa shape index (κ2) is 8.50. The fraction of sp³-hybridized carbons (Fsp3) is 0.571. The summed E-state index contributed by atoms with van der Waals surface area (Å²) in [6.07, 6.45) is 1.71. The van der Waals surface area contributed by atoms with E-state index in [4.69, 9.17) is 5.73 Å². The molecule has 1 aromatic rings. The molecule has 1 heterocycles. The van der Waals surface area contributed by atoms with Gasteiger partial charge in [-0.25, -0.2) is 4.98 Å². The zero-order valence-corrected chi connectivity index (χ0v) is 12.5. The molecule has 112 valence electrons. The molecule has 1 rings (SSSR count). The lowest BCUT2D eigenvalue weighted by molar-refractivity contribution is -0.117. The second-order valence-corrected chi connectivity index (χ2v) is 4.66. The van der Waals surface area contributed by atoms with Crippen molar-refractivity contribution in [3.05, 3.63) is 18.3 Å². The van der Waals surface area contributed by atoms with Crippen LogP contribution in [0.1, 0.15) is 20.8 Å². The molecule has 0 bridgehead atoms. The van der Waals surface area contributed by atoms with E-state index in [0.29, 0.717) is 5.82 Å². The highest BCUT2D eigenvalue weighted by molar-refractivity contribution is 5.93. The van der Waals surface area contributed by atoms with Gasteiger partial charge in [0.1, 0.15) is 5.82 Å². The summed E-state index contributed by atoms with van der Waals surface area (Å²) >= 11 is 0. The summed E-state index contributed by atoms with van der Waals surface area (Å²) < 4.78 is 0. The molecule has 1 atom stereocenters. The fourth-order valence-electron chi connectivity index (χ4n) is 1.71. The number of rotatable bonds is 8. The quantitative estimate of drug-likeness (QED) is 0.664. The van der Waals surface area contributed by atoms with E-state index in [-0.39, 0.29) is 5.91 Å². The minimum absolute atomic E-state index is 0.236. The van der Waals surface area contributed by atoms with E-state index in [1.165, 1.54) is 0 Å². The minimum Gasteiger partial charge on any atom is -0.383 e. The average Bonchev–Trinajstić information content (AvgIpc) is 2.45. The van der Waals surface area contributed by atoms with Crippen LogP contribution in [0.5, 0.6) is 0 Å². The first-order chi connectivity index (χ1) is 9.56. The number of pyridine rings is 1. The topological polar surface area (TPSA) is 83.3 Å². The molecule has 1 unspecified atom stereocenters. The van der Waals surface area contributed by atoms with E-state index >= 15 is 0 Å². The fourth-order valence-corrected chi connectivity index (χ4v) is 1.71. The van der Waals surface area contributed by atoms with Crippen molar-refractivity contribution in [2.24, 2.45) is 5.73 Å². The summed E-state index contributed by atoms with van der Waals surface area (Å²) in [6.45, 7) is 9.92. The normalized spacial score (nSPS) is 12.2. The molecule has 0 aromatic carbocycles. The third kappa shape index (κ3) is 5.54. The molecule has 0 fully saturated rings. The summed E-state index contributed by atoms with van der Waals surface area (Å²) in [5.74, 6) is 0.279. The van der Waals surface area contributed by atoms with Crippen LogP contribution in [-0.2, 0) is 4.79 Å². The molecular formula is C14H25N5O. The molecule has 0 radical (unpaired) electrons. The van der Waals surface area contributed by atoms with Crippen molar-refractivity contribution in [3.63, 3.8) is 0 Å². The monoisotopic (exact) mass is 279 g/mol. The Kier molecular flexibility index (Phi) is 6.97. The van der Waals surface area contributed by atoms with E-state index in [2.05, 4.69) is 34.4 Å². The first-order valence-corrected chi connectivity index (χ1v) is 7.05. The molecule has 0 aliphatic heterocycles. The Balaban J connectivity index is 2.41. The number of likely N-dealkylation sites (N-methyl/N-ethyl adjacent to an activating group) is 1. The SMILES string of the molecule is CCN(CC)CCNc1ccc(NC(=O)C(C)N)nc1. The minimum atomic E-state index is -0.538. The van der Waals surface area contributed by atoms with Crippen molar-refractivity contribution >= 4 is 17.4 Å². The van der Waals surface area contributed by atoms with Gasteiger partial charge in [-0.15, -0.1) is 0 Å². The molecule has 4 N–H and O–H groups in total. The van der Waals surface area contributed by atoms with Gasteiger partial charge in [-0.2, -0.15) is 0 Å². The van der Waals surface area contributed by atoms with Crippen LogP contribution in [0.2, 0.25) is 0 Å². The van der Waals surface area contributed by atoms with Crippen molar-refractivity contribution in [2.45, 2.75) is 26.8 Å². The van der Waals surface area contributed by atoms with Crippen molar-refractivity contribution in [1.29, 1.82) is 0 Å². The number of nitrogens with one attached hydrogen (secondary N) is 2. The highest BCUT2D eigenvalue weighted by Crippen LogP contribution is 2.09. The van der Waals surface area contributed by atoms with Gasteiger partial charge in [-0.1, -0.05) is 13.8 Å². The molecule has 1 aromatic heterocycles. The van der Waals surface area contributed by atoms with Gasteiger partial charge in [0.25, 0.3) is 0 Å². The highest BCUT2D eigenvalue weighted by atomic mass is 16.2. The van der Waals surface area contributed by atoms with Gasteiger partial charge >= 0.3 is 0 Å². The summed E-state index contributed by atoms with van der Waals surface area (Å²) in [4.78, 5) is 17.9. The van der Waals surface area contributed by atoms with Crippen molar-refractivity contribution in [3.8, 4) is 0 Å². The lowest BCUT2D eigenvalue weighted by Crippen LogP contribution is -2.32. The first-order valence-electron chi connectivity index (χ1n) is 7.05. The van der Waals surface area contributed by atoms with Gasteiger partial charge in [-0.05, 0) is 32.1 Å². The lowest BCUT2D eigenvalue weighted by atomic mass is 10.3. The number of carbonyl (C=O) groups excluding carboxylic acids is 1. The summed E-state index contributed by atoms with van der Waals surface area (Å²) in [7, 11) is 0. The van der Waals surface area contributed by atoms with Crippen LogP contribution in [-0.4, -0.2) is 48.0 Å². The van der Waals surface area contributed by atoms with Crippen LogP contribution in [0.4, 0.5) is 11.5 Å². The number of amides is 1. The van der Waals surface area contributed by atoms with Gasteiger partial charge in [0, 0.05) is 13.1 Å². The molecule has 1 amide bonds. The summed E-state index contributed by atoms with van der Waals surface area (Å²) in [6, 6.07) is 3.12. The Hall–Kier alpha value is -1.66. The molecule has 0 saturated heterocycles. The maximum Gasteiger partial charge on any atom is 0.242 e. The Morgan fingerprint density at radius 3 is 2.60 bits per heavy atom. The predicted octanol–water partition coefficient (Wildman–Crippen LogP) is 1.12. The third-order valence-corrected chi connectivity index (χ3v) is 3.08. The summed E-state index contributed by atoms with van der Waals surface area (Å²) in [5.41, 5.74) is 6.42. The van der Waals surface area contributed by atoms with E-state index < -0.39 is 6.04 Å². The van der Waals surface area contributed by atoms with Gasteiger partial charge in [0.05, 0.1) is 17.9 Å². The second-order valence-electron chi connectivity index (χ2n) is 4.66. The first kappa shape index (κ1) is 16.4. The molecular weight excluding hydrogens is 254 g/mol. The molecule has 0 aliphatic rings.